The van der Waals surface area contributed by atoms with Gasteiger partial charge >= 0.3 is 6.18 Å². The molecular formula is C17H25F3N2OS. The van der Waals surface area contributed by atoms with Crippen molar-refractivity contribution in [1.29, 1.82) is 0 Å². The highest BCUT2D eigenvalue weighted by Gasteiger charge is 2.31. The van der Waals surface area contributed by atoms with Crippen LogP contribution >= 0.6 is 11.3 Å². The van der Waals surface area contributed by atoms with Crippen LogP contribution in [0.2, 0.25) is 0 Å². The maximum Gasteiger partial charge on any atom is 0.389 e. The standard InChI is InChI=1S/C17H25F3N2OS/c1-3-14-6-7-15(24-14)12(2)21-13-5-4-10-22(11-13)16(23)8-9-17(18,19)20/h6-7,12-13,21H,3-5,8-11H2,1-2H3/t12?,13-/m1/s1. The minimum atomic E-state index is -4.27. The summed E-state index contributed by atoms with van der Waals surface area (Å²) < 4.78 is 36.8. The molecule has 1 fully saturated rings. The van der Waals surface area contributed by atoms with Crippen LogP contribution in [0.1, 0.15) is 55.3 Å². The number of rotatable bonds is 6. The van der Waals surface area contributed by atoms with Crippen molar-refractivity contribution in [3.05, 3.63) is 21.9 Å². The van der Waals surface area contributed by atoms with Gasteiger partial charge in [0.1, 0.15) is 0 Å². The SMILES string of the molecule is CCc1ccc(C(C)N[C@@H]2CCCN(C(=O)CCC(F)(F)F)C2)s1. The van der Waals surface area contributed by atoms with Crippen molar-refractivity contribution in [2.75, 3.05) is 13.1 Å². The normalized spacial score (nSPS) is 20.2. The minimum Gasteiger partial charge on any atom is -0.341 e. The van der Waals surface area contributed by atoms with Crippen molar-refractivity contribution in [3.8, 4) is 0 Å². The van der Waals surface area contributed by atoms with E-state index in [2.05, 4.69) is 31.3 Å². The molecule has 24 heavy (non-hydrogen) atoms. The van der Waals surface area contributed by atoms with E-state index in [1.165, 1.54) is 9.75 Å². The summed E-state index contributed by atoms with van der Waals surface area (Å²) in [6, 6.07) is 4.57. The topological polar surface area (TPSA) is 32.3 Å². The summed E-state index contributed by atoms with van der Waals surface area (Å²) in [5.41, 5.74) is 0. The molecule has 1 aromatic rings. The van der Waals surface area contributed by atoms with Gasteiger partial charge in [-0.15, -0.1) is 11.3 Å². The molecule has 0 spiro atoms. The van der Waals surface area contributed by atoms with Gasteiger partial charge in [0.2, 0.25) is 5.91 Å². The predicted molar refractivity (Wildman–Crippen MR) is 90.1 cm³/mol. The molecule has 0 aromatic carbocycles. The van der Waals surface area contributed by atoms with E-state index in [1.54, 1.807) is 16.2 Å². The maximum atomic E-state index is 12.3. The number of likely N-dealkylation sites (tertiary alicyclic amines) is 1. The summed E-state index contributed by atoms with van der Waals surface area (Å²) in [6.07, 6.45) is -2.97. The first kappa shape index (κ1) is 19.2. The van der Waals surface area contributed by atoms with E-state index < -0.39 is 24.9 Å². The van der Waals surface area contributed by atoms with E-state index in [9.17, 15) is 18.0 Å². The van der Waals surface area contributed by atoms with Crippen LogP contribution in [0.25, 0.3) is 0 Å². The summed E-state index contributed by atoms with van der Waals surface area (Å²) in [4.78, 5) is 16.2. The monoisotopic (exact) mass is 362 g/mol. The van der Waals surface area contributed by atoms with Crippen LogP contribution in [0.5, 0.6) is 0 Å². The first-order valence-corrected chi connectivity index (χ1v) is 9.29. The Labute approximate surface area is 145 Å². The summed E-state index contributed by atoms with van der Waals surface area (Å²) in [5.74, 6) is -0.393. The third kappa shape index (κ3) is 5.77. The lowest BCUT2D eigenvalue weighted by atomic mass is 10.0. The van der Waals surface area contributed by atoms with Gasteiger partial charge in [0.05, 0.1) is 6.42 Å². The molecule has 1 amide bonds. The molecule has 1 aliphatic heterocycles. The van der Waals surface area contributed by atoms with Crippen LogP contribution in [-0.4, -0.2) is 36.1 Å². The summed E-state index contributed by atoms with van der Waals surface area (Å²) in [5, 5.41) is 3.52. The van der Waals surface area contributed by atoms with Gasteiger partial charge in [-0.3, -0.25) is 4.79 Å². The number of thiophene rings is 1. The molecule has 1 saturated heterocycles. The number of alkyl halides is 3. The molecule has 3 nitrogen and oxygen atoms in total. The van der Waals surface area contributed by atoms with Gasteiger partial charge in [0.25, 0.3) is 0 Å². The van der Waals surface area contributed by atoms with Crippen LogP contribution in [0.15, 0.2) is 12.1 Å². The Morgan fingerprint density at radius 2 is 2.21 bits per heavy atom. The molecule has 1 N–H and O–H groups in total. The van der Waals surface area contributed by atoms with Crippen LogP contribution in [0, 0.1) is 0 Å². The van der Waals surface area contributed by atoms with Gasteiger partial charge < -0.3 is 10.2 Å². The largest absolute Gasteiger partial charge is 0.389 e. The Morgan fingerprint density at radius 1 is 1.46 bits per heavy atom. The lowest BCUT2D eigenvalue weighted by molar-refractivity contribution is -0.149. The number of halogens is 3. The smallest absolute Gasteiger partial charge is 0.341 e. The van der Waals surface area contributed by atoms with E-state index >= 15 is 0 Å². The Morgan fingerprint density at radius 3 is 2.83 bits per heavy atom. The van der Waals surface area contributed by atoms with Gasteiger partial charge in [-0.25, -0.2) is 0 Å². The zero-order valence-electron chi connectivity index (χ0n) is 14.2. The summed E-state index contributed by atoms with van der Waals surface area (Å²) in [6.45, 7) is 5.27. The summed E-state index contributed by atoms with van der Waals surface area (Å²) >= 11 is 1.78. The van der Waals surface area contributed by atoms with Crippen LogP contribution in [0.3, 0.4) is 0 Å². The number of carbonyl (C=O) groups excluding carboxylic acids is 1. The number of aryl methyl sites for hydroxylation is 1. The molecule has 1 aliphatic rings. The fraction of sp³-hybridized carbons (Fsp3) is 0.706. The second-order valence-corrected chi connectivity index (χ2v) is 7.54. The van der Waals surface area contributed by atoms with Crippen molar-refractivity contribution in [2.45, 2.75) is 64.2 Å². The van der Waals surface area contributed by atoms with Crippen molar-refractivity contribution in [1.82, 2.24) is 10.2 Å². The zero-order chi connectivity index (χ0) is 17.7. The molecule has 1 aromatic heterocycles. The van der Waals surface area contributed by atoms with Crippen LogP contribution in [0.4, 0.5) is 13.2 Å². The highest BCUT2D eigenvalue weighted by Crippen LogP contribution is 2.26. The first-order chi connectivity index (χ1) is 11.3. The van der Waals surface area contributed by atoms with E-state index in [-0.39, 0.29) is 12.1 Å². The van der Waals surface area contributed by atoms with Gasteiger partial charge in [-0.05, 0) is 38.3 Å². The van der Waals surface area contributed by atoms with Crippen molar-refractivity contribution in [3.63, 3.8) is 0 Å². The molecule has 0 bridgehead atoms. The number of amides is 1. The average Bonchev–Trinajstić information content (AvgIpc) is 3.01. The molecule has 0 aliphatic carbocycles. The molecule has 0 radical (unpaired) electrons. The lowest BCUT2D eigenvalue weighted by Crippen LogP contribution is -2.48. The van der Waals surface area contributed by atoms with E-state index in [0.29, 0.717) is 13.1 Å². The Balaban J connectivity index is 1.85. The highest BCUT2D eigenvalue weighted by atomic mass is 32.1. The summed E-state index contributed by atoms with van der Waals surface area (Å²) in [7, 11) is 0. The Kier molecular flexibility index (Phi) is 6.69. The van der Waals surface area contributed by atoms with Crippen molar-refractivity contribution >= 4 is 17.2 Å². The third-order valence-electron chi connectivity index (χ3n) is 4.34. The van der Waals surface area contributed by atoms with E-state index in [4.69, 9.17) is 0 Å². The fourth-order valence-corrected chi connectivity index (χ4v) is 3.96. The first-order valence-electron chi connectivity index (χ1n) is 8.47. The highest BCUT2D eigenvalue weighted by molar-refractivity contribution is 7.12. The van der Waals surface area contributed by atoms with Crippen molar-refractivity contribution < 1.29 is 18.0 Å². The molecule has 7 heteroatoms. The number of piperidine rings is 1. The molecule has 1 unspecified atom stereocenters. The van der Waals surface area contributed by atoms with Crippen LogP contribution in [-0.2, 0) is 11.2 Å². The molecule has 136 valence electrons. The number of hydrogen-bond donors (Lipinski definition) is 1. The second kappa shape index (κ2) is 8.34. The number of nitrogens with zero attached hydrogens (tertiary/aromatic N) is 1. The number of nitrogens with one attached hydrogen (secondary N) is 1. The maximum absolute atomic E-state index is 12.3. The molecule has 2 heterocycles. The third-order valence-corrected chi connectivity index (χ3v) is 5.75. The molecule has 2 atom stereocenters. The second-order valence-electron chi connectivity index (χ2n) is 6.34. The van der Waals surface area contributed by atoms with Crippen molar-refractivity contribution in [2.24, 2.45) is 0 Å². The molecular weight excluding hydrogens is 337 g/mol. The quantitative estimate of drug-likeness (QED) is 0.819. The van der Waals surface area contributed by atoms with Gasteiger partial charge in [-0.2, -0.15) is 13.2 Å². The molecule has 2 rings (SSSR count). The fourth-order valence-electron chi connectivity index (χ4n) is 3.00. The molecule has 0 saturated carbocycles. The predicted octanol–water partition coefficient (Wildman–Crippen LogP) is 4.29. The van der Waals surface area contributed by atoms with Crippen LogP contribution < -0.4 is 5.32 Å². The van der Waals surface area contributed by atoms with Gasteiger partial charge in [-0.1, -0.05) is 6.92 Å². The van der Waals surface area contributed by atoms with Gasteiger partial charge in [0, 0.05) is 41.3 Å². The lowest BCUT2D eigenvalue weighted by Gasteiger charge is -2.35. The Bertz CT molecular complexity index is 544. The van der Waals surface area contributed by atoms with Gasteiger partial charge in [0.15, 0.2) is 0 Å². The number of carbonyl (C=O) groups is 1. The number of hydrogen-bond acceptors (Lipinski definition) is 3. The minimum absolute atomic E-state index is 0.135. The van der Waals surface area contributed by atoms with E-state index in [1.807, 2.05) is 0 Å². The Hall–Kier alpha value is -1.08. The average molecular weight is 362 g/mol. The zero-order valence-corrected chi connectivity index (χ0v) is 15.0. The van der Waals surface area contributed by atoms with E-state index in [0.717, 1.165) is 19.3 Å².